The summed E-state index contributed by atoms with van der Waals surface area (Å²) in [6, 6.07) is 10.4. The molecule has 0 radical (unpaired) electrons. The van der Waals surface area contributed by atoms with Crippen molar-refractivity contribution in [3.63, 3.8) is 0 Å². The Morgan fingerprint density at radius 1 is 1.24 bits per heavy atom. The van der Waals surface area contributed by atoms with E-state index in [0.717, 1.165) is 17.5 Å². The maximum absolute atomic E-state index is 11.3. The van der Waals surface area contributed by atoms with Crippen LogP contribution in [0.4, 0.5) is 5.69 Å². The number of nitrogens with zero attached hydrogens (tertiary/aromatic N) is 3. The Bertz CT molecular complexity index is 921. The Kier molecular flexibility index (Phi) is 3.30. The fourth-order valence-electron chi connectivity index (χ4n) is 2.00. The number of imidazole rings is 1. The summed E-state index contributed by atoms with van der Waals surface area (Å²) < 4.78 is 26.6. The number of hydrogen-bond donors (Lipinski definition) is 1. The zero-order chi connectivity index (χ0) is 15.0. The fraction of sp³-hybridized carbons (Fsp3) is 0.0769. The minimum Gasteiger partial charge on any atom is -0.284 e. The third-order valence-electron chi connectivity index (χ3n) is 2.79. The van der Waals surface area contributed by atoms with Crippen molar-refractivity contribution in [3.05, 3.63) is 47.7 Å². The van der Waals surface area contributed by atoms with Crippen molar-refractivity contribution in [2.24, 2.45) is 0 Å². The van der Waals surface area contributed by atoms with Gasteiger partial charge in [-0.25, -0.2) is 17.9 Å². The highest BCUT2D eigenvalue weighted by Gasteiger charge is 2.09. The molecular formula is C13H11ClN4O2S. The van der Waals surface area contributed by atoms with E-state index in [1.165, 1.54) is 0 Å². The molecule has 1 aromatic carbocycles. The van der Waals surface area contributed by atoms with Crippen molar-refractivity contribution >= 4 is 33.0 Å². The van der Waals surface area contributed by atoms with E-state index in [4.69, 9.17) is 11.6 Å². The van der Waals surface area contributed by atoms with E-state index in [9.17, 15) is 8.42 Å². The molecule has 0 bridgehead atoms. The van der Waals surface area contributed by atoms with Gasteiger partial charge >= 0.3 is 0 Å². The average molecular weight is 323 g/mol. The molecule has 2 aromatic heterocycles. The van der Waals surface area contributed by atoms with Crippen molar-refractivity contribution in [2.75, 3.05) is 11.0 Å². The molecule has 6 nitrogen and oxygen atoms in total. The van der Waals surface area contributed by atoms with Crippen LogP contribution in [0.2, 0.25) is 5.15 Å². The van der Waals surface area contributed by atoms with Crippen LogP contribution in [0.25, 0.3) is 16.9 Å². The number of hydrogen-bond acceptors (Lipinski definition) is 4. The van der Waals surface area contributed by atoms with E-state index in [1.807, 2.05) is 6.07 Å². The molecule has 0 aliphatic heterocycles. The first-order chi connectivity index (χ1) is 9.92. The van der Waals surface area contributed by atoms with Gasteiger partial charge in [-0.15, -0.1) is 0 Å². The number of aromatic nitrogens is 3. The normalized spacial score (nSPS) is 11.7. The van der Waals surface area contributed by atoms with E-state index >= 15 is 0 Å². The van der Waals surface area contributed by atoms with Gasteiger partial charge in [0.1, 0.15) is 5.15 Å². The van der Waals surface area contributed by atoms with Gasteiger partial charge in [0.05, 0.1) is 18.1 Å². The number of fused-ring (bicyclic) bond motifs is 1. The molecule has 3 aromatic rings. The molecule has 21 heavy (non-hydrogen) atoms. The largest absolute Gasteiger partial charge is 0.284 e. The molecule has 0 fully saturated rings. The minimum absolute atomic E-state index is 0.354. The van der Waals surface area contributed by atoms with Gasteiger partial charge in [0, 0.05) is 11.3 Å². The first-order valence-corrected chi connectivity index (χ1v) is 8.28. The predicted octanol–water partition coefficient (Wildman–Crippen LogP) is 2.42. The van der Waals surface area contributed by atoms with Crippen LogP contribution in [0.3, 0.4) is 0 Å². The monoisotopic (exact) mass is 322 g/mol. The Morgan fingerprint density at radius 2 is 2.05 bits per heavy atom. The molecule has 0 aliphatic carbocycles. The first-order valence-electron chi connectivity index (χ1n) is 6.01. The number of benzene rings is 1. The highest BCUT2D eigenvalue weighted by atomic mass is 35.5. The van der Waals surface area contributed by atoms with Crippen LogP contribution in [0.5, 0.6) is 0 Å². The Hall–Kier alpha value is -2.12. The summed E-state index contributed by atoms with van der Waals surface area (Å²) in [5, 5.41) is 4.55. The Labute approximate surface area is 126 Å². The van der Waals surface area contributed by atoms with Gasteiger partial charge < -0.3 is 0 Å². The van der Waals surface area contributed by atoms with E-state index < -0.39 is 10.0 Å². The third kappa shape index (κ3) is 2.98. The number of rotatable bonds is 3. The van der Waals surface area contributed by atoms with Crippen molar-refractivity contribution in [1.82, 2.24) is 14.6 Å². The summed E-state index contributed by atoms with van der Waals surface area (Å²) in [7, 11) is -3.32. The molecule has 0 spiro atoms. The van der Waals surface area contributed by atoms with Crippen molar-refractivity contribution in [3.8, 4) is 11.3 Å². The van der Waals surface area contributed by atoms with Gasteiger partial charge in [-0.1, -0.05) is 23.7 Å². The van der Waals surface area contributed by atoms with Crippen molar-refractivity contribution in [1.29, 1.82) is 0 Å². The summed E-state index contributed by atoms with van der Waals surface area (Å²) in [6.45, 7) is 0. The highest BCUT2D eigenvalue weighted by molar-refractivity contribution is 7.92. The fourth-order valence-corrected chi connectivity index (χ4v) is 2.70. The molecule has 8 heteroatoms. The molecule has 2 heterocycles. The van der Waals surface area contributed by atoms with Gasteiger partial charge in [0.2, 0.25) is 10.0 Å². The van der Waals surface area contributed by atoms with Crippen LogP contribution in [0, 0.1) is 0 Å². The van der Waals surface area contributed by atoms with Crippen LogP contribution in [-0.2, 0) is 10.0 Å². The number of nitrogens with one attached hydrogen (secondary N) is 1. The maximum Gasteiger partial charge on any atom is 0.229 e. The molecule has 0 atom stereocenters. The van der Waals surface area contributed by atoms with Crippen LogP contribution in [0.1, 0.15) is 0 Å². The van der Waals surface area contributed by atoms with E-state index in [1.54, 1.807) is 41.0 Å². The first kappa shape index (κ1) is 13.8. The molecule has 0 saturated heterocycles. The molecular weight excluding hydrogens is 312 g/mol. The smallest absolute Gasteiger partial charge is 0.229 e. The molecule has 1 N–H and O–H groups in total. The quantitative estimate of drug-likeness (QED) is 0.803. The Balaban J connectivity index is 2.10. The lowest BCUT2D eigenvalue weighted by atomic mass is 10.1. The lowest BCUT2D eigenvalue weighted by molar-refractivity contribution is 0.607. The second-order valence-corrected chi connectivity index (χ2v) is 6.66. The molecule has 108 valence electrons. The lowest BCUT2D eigenvalue weighted by Gasteiger charge is -2.06. The summed E-state index contributed by atoms with van der Waals surface area (Å²) in [4.78, 5) is 4.24. The third-order valence-corrected chi connectivity index (χ3v) is 3.60. The second kappa shape index (κ2) is 5.01. The molecule has 0 amide bonds. The molecule has 0 unspecified atom stereocenters. The van der Waals surface area contributed by atoms with Crippen LogP contribution < -0.4 is 4.72 Å². The predicted molar refractivity (Wildman–Crippen MR) is 81.9 cm³/mol. The number of anilines is 1. The highest BCUT2D eigenvalue weighted by Crippen LogP contribution is 2.24. The van der Waals surface area contributed by atoms with Gasteiger partial charge in [0.15, 0.2) is 5.65 Å². The minimum atomic E-state index is -3.32. The number of halogens is 1. The standard InChI is InChI=1S/C13H11ClN4O2S/c1-21(19,20)17-10-4-2-3-9(7-10)11-8-15-13-6-5-12(14)16-18(11)13/h2-8,17H,1H3. The molecule has 3 rings (SSSR count). The molecule has 0 saturated carbocycles. The summed E-state index contributed by atoms with van der Waals surface area (Å²) in [6.07, 6.45) is 2.77. The van der Waals surface area contributed by atoms with Crippen LogP contribution in [-0.4, -0.2) is 29.3 Å². The summed E-state index contributed by atoms with van der Waals surface area (Å²) in [5.74, 6) is 0. The second-order valence-electron chi connectivity index (χ2n) is 4.52. The average Bonchev–Trinajstić information content (AvgIpc) is 2.80. The van der Waals surface area contributed by atoms with Crippen LogP contribution in [0.15, 0.2) is 42.6 Å². The zero-order valence-electron chi connectivity index (χ0n) is 11.0. The van der Waals surface area contributed by atoms with Gasteiger partial charge in [-0.3, -0.25) is 4.72 Å². The maximum atomic E-state index is 11.3. The number of sulfonamides is 1. The van der Waals surface area contributed by atoms with Crippen molar-refractivity contribution in [2.45, 2.75) is 0 Å². The van der Waals surface area contributed by atoms with Crippen molar-refractivity contribution < 1.29 is 8.42 Å². The van der Waals surface area contributed by atoms with E-state index in [-0.39, 0.29) is 0 Å². The molecule has 0 aliphatic rings. The summed E-state index contributed by atoms with van der Waals surface area (Å²) in [5.41, 5.74) is 2.65. The van der Waals surface area contributed by atoms with Gasteiger partial charge in [0.25, 0.3) is 0 Å². The van der Waals surface area contributed by atoms with E-state index in [0.29, 0.717) is 16.5 Å². The lowest BCUT2D eigenvalue weighted by Crippen LogP contribution is -2.09. The topological polar surface area (TPSA) is 76.4 Å². The van der Waals surface area contributed by atoms with Crippen LogP contribution >= 0.6 is 11.6 Å². The van der Waals surface area contributed by atoms with E-state index in [2.05, 4.69) is 14.8 Å². The summed E-state index contributed by atoms with van der Waals surface area (Å²) >= 11 is 5.90. The SMILES string of the molecule is CS(=O)(=O)Nc1cccc(-c2cnc3ccc(Cl)nn23)c1. The van der Waals surface area contributed by atoms with Gasteiger partial charge in [-0.2, -0.15) is 5.10 Å². The zero-order valence-corrected chi connectivity index (χ0v) is 12.6. The van der Waals surface area contributed by atoms with Gasteiger partial charge in [-0.05, 0) is 24.3 Å². The Morgan fingerprint density at radius 3 is 2.81 bits per heavy atom.